The lowest BCUT2D eigenvalue weighted by Crippen LogP contribution is -1.99. The first kappa shape index (κ1) is 10.6. The number of hydrogen-bond acceptors (Lipinski definition) is 3. The highest BCUT2D eigenvalue weighted by molar-refractivity contribution is 8.10. The standard InChI is InChI=1S/C7H6Cl2O3S/c1-5-2-3-6(4-7(5)8)12-13(9,10)11/h2-4H,1H3. The Morgan fingerprint density at radius 1 is 1.38 bits per heavy atom. The molecule has 0 heterocycles. The molecule has 0 fully saturated rings. The van der Waals surface area contributed by atoms with Gasteiger partial charge in [-0.3, -0.25) is 0 Å². The molecule has 0 bridgehead atoms. The highest BCUT2D eigenvalue weighted by Crippen LogP contribution is 2.23. The van der Waals surface area contributed by atoms with Crippen molar-refractivity contribution >= 4 is 31.6 Å². The molecule has 0 N–H and O–H groups in total. The molecule has 1 aromatic carbocycles. The monoisotopic (exact) mass is 240 g/mol. The predicted octanol–water partition coefficient (Wildman–Crippen LogP) is 2.51. The van der Waals surface area contributed by atoms with E-state index in [1.54, 1.807) is 13.0 Å². The van der Waals surface area contributed by atoms with E-state index >= 15 is 0 Å². The first-order valence-corrected chi connectivity index (χ1v) is 5.90. The Hall–Kier alpha value is -0.450. The van der Waals surface area contributed by atoms with Gasteiger partial charge >= 0.3 is 9.33 Å². The van der Waals surface area contributed by atoms with Gasteiger partial charge in [-0.25, -0.2) is 0 Å². The number of hydrogen-bond donors (Lipinski definition) is 0. The van der Waals surface area contributed by atoms with Gasteiger partial charge < -0.3 is 4.18 Å². The Morgan fingerprint density at radius 2 is 2.00 bits per heavy atom. The van der Waals surface area contributed by atoms with E-state index in [0.717, 1.165) is 5.56 Å². The number of aryl methyl sites for hydroxylation is 1. The van der Waals surface area contributed by atoms with E-state index < -0.39 is 9.33 Å². The van der Waals surface area contributed by atoms with E-state index in [2.05, 4.69) is 4.18 Å². The Balaban J connectivity index is 2.99. The van der Waals surface area contributed by atoms with Gasteiger partial charge in [0.05, 0.1) is 10.7 Å². The molecule has 0 aliphatic rings. The fraction of sp³-hybridized carbons (Fsp3) is 0.143. The summed E-state index contributed by atoms with van der Waals surface area (Å²) in [7, 11) is 0.874. The van der Waals surface area contributed by atoms with Crippen molar-refractivity contribution in [2.45, 2.75) is 6.92 Å². The van der Waals surface area contributed by atoms with Gasteiger partial charge in [0.15, 0.2) is 0 Å². The molecular formula is C7H6Cl2O3S. The van der Waals surface area contributed by atoms with Crippen LogP contribution in [0.25, 0.3) is 0 Å². The van der Waals surface area contributed by atoms with Gasteiger partial charge in [-0.15, -0.1) is 0 Å². The summed E-state index contributed by atoms with van der Waals surface area (Å²) in [5.74, 6) is 0.102. The van der Waals surface area contributed by atoms with E-state index in [9.17, 15) is 8.42 Å². The molecule has 0 spiro atoms. The molecule has 0 aromatic heterocycles. The lowest BCUT2D eigenvalue weighted by Gasteiger charge is -2.02. The molecule has 3 nitrogen and oxygen atoms in total. The number of rotatable bonds is 2. The van der Waals surface area contributed by atoms with Crippen LogP contribution < -0.4 is 4.18 Å². The molecule has 6 heteroatoms. The van der Waals surface area contributed by atoms with Crippen LogP contribution in [0.4, 0.5) is 0 Å². The zero-order valence-corrected chi connectivity index (χ0v) is 8.95. The lowest BCUT2D eigenvalue weighted by atomic mass is 10.2. The van der Waals surface area contributed by atoms with Gasteiger partial charge in [0.2, 0.25) is 0 Å². The summed E-state index contributed by atoms with van der Waals surface area (Å²) in [6, 6.07) is 4.50. The molecule has 72 valence electrons. The summed E-state index contributed by atoms with van der Waals surface area (Å²) < 4.78 is 25.4. The van der Waals surface area contributed by atoms with Crippen molar-refractivity contribution in [1.29, 1.82) is 0 Å². The van der Waals surface area contributed by atoms with Gasteiger partial charge in [-0.2, -0.15) is 8.42 Å². The first-order chi connectivity index (χ1) is 5.88. The Bertz CT molecular complexity index is 414. The summed E-state index contributed by atoms with van der Waals surface area (Å²) >= 11 is 5.72. The molecule has 1 rings (SSSR count). The fourth-order valence-electron chi connectivity index (χ4n) is 0.740. The van der Waals surface area contributed by atoms with Crippen molar-refractivity contribution < 1.29 is 12.6 Å². The third-order valence-electron chi connectivity index (χ3n) is 1.34. The largest absolute Gasteiger partial charge is 0.401 e. The van der Waals surface area contributed by atoms with Crippen molar-refractivity contribution in [2.75, 3.05) is 0 Å². The van der Waals surface area contributed by atoms with Gasteiger partial charge in [-0.1, -0.05) is 17.7 Å². The molecule has 0 atom stereocenters. The van der Waals surface area contributed by atoms with E-state index in [1.165, 1.54) is 12.1 Å². The maximum Gasteiger partial charge on any atom is 0.401 e. The second-order valence-electron chi connectivity index (χ2n) is 2.39. The maximum atomic E-state index is 10.5. The smallest absolute Gasteiger partial charge is 0.371 e. The molecule has 0 radical (unpaired) electrons. The van der Waals surface area contributed by atoms with Crippen LogP contribution in [0.2, 0.25) is 5.02 Å². The molecule has 0 aliphatic heterocycles. The van der Waals surface area contributed by atoms with Crippen LogP contribution in [0, 0.1) is 6.92 Å². The van der Waals surface area contributed by atoms with Gasteiger partial charge in [0.1, 0.15) is 5.75 Å². The summed E-state index contributed by atoms with van der Waals surface area (Å²) in [5.41, 5.74) is 0.834. The van der Waals surface area contributed by atoms with E-state index in [0.29, 0.717) is 5.02 Å². The molecule has 0 saturated heterocycles. The van der Waals surface area contributed by atoms with Crippen molar-refractivity contribution in [1.82, 2.24) is 0 Å². The highest BCUT2D eigenvalue weighted by atomic mass is 35.7. The van der Waals surface area contributed by atoms with Crippen molar-refractivity contribution in [2.24, 2.45) is 0 Å². The van der Waals surface area contributed by atoms with E-state index in [1.807, 2.05) is 0 Å². The van der Waals surface area contributed by atoms with Crippen LogP contribution in [-0.2, 0) is 9.33 Å². The maximum absolute atomic E-state index is 10.5. The average Bonchev–Trinajstić information content (AvgIpc) is 1.94. The first-order valence-electron chi connectivity index (χ1n) is 3.29. The SMILES string of the molecule is Cc1ccc(OS(=O)(=O)Cl)cc1Cl. The van der Waals surface area contributed by atoms with Crippen LogP contribution in [0.5, 0.6) is 5.75 Å². The fourth-order valence-corrected chi connectivity index (χ4v) is 1.46. The molecule has 1 aromatic rings. The second-order valence-corrected chi connectivity index (χ2v) is 4.88. The third kappa shape index (κ3) is 3.42. The van der Waals surface area contributed by atoms with Gasteiger partial charge in [0, 0.05) is 11.1 Å². The molecule has 0 amide bonds. The van der Waals surface area contributed by atoms with E-state index in [-0.39, 0.29) is 5.75 Å². The summed E-state index contributed by atoms with van der Waals surface area (Å²) in [4.78, 5) is 0. The lowest BCUT2D eigenvalue weighted by molar-refractivity contribution is 0.503. The van der Waals surface area contributed by atoms with Crippen LogP contribution >= 0.6 is 22.3 Å². The normalized spacial score (nSPS) is 11.3. The molecule has 0 saturated carbocycles. The van der Waals surface area contributed by atoms with Gasteiger partial charge in [0.25, 0.3) is 0 Å². The van der Waals surface area contributed by atoms with Crippen LogP contribution in [0.1, 0.15) is 5.56 Å². The zero-order chi connectivity index (χ0) is 10.1. The molecule has 0 unspecified atom stereocenters. The third-order valence-corrected chi connectivity index (χ3v) is 2.33. The van der Waals surface area contributed by atoms with Crippen molar-refractivity contribution in [3.8, 4) is 5.75 Å². The van der Waals surface area contributed by atoms with Crippen LogP contribution in [0.15, 0.2) is 18.2 Å². The highest BCUT2D eigenvalue weighted by Gasteiger charge is 2.07. The number of benzene rings is 1. The minimum Gasteiger partial charge on any atom is -0.371 e. The van der Waals surface area contributed by atoms with Gasteiger partial charge in [-0.05, 0) is 18.6 Å². The van der Waals surface area contributed by atoms with E-state index in [4.69, 9.17) is 22.3 Å². The van der Waals surface area contributed by atoms with Crippen molar-refractivity contribution in [3.63, 3.8) is 0 Å². The average molecular weight is 241 g/mol. The zero-order valence-electron chi connectivity index (χ0n) is 6.62. The molecule has 0 aliphatic carbocycles. The van der Waals surface area contributed by atoms with Crippen LogP contribution in [0.3, 0.4) is 0 Å². The Labute approximate surface area is 85.9 Å². The predicted molar refractivity (Wildman–Crippen MR) is 51.6 cm³/mol. The van der Waals surface area contributed by atoms with Crippen molar-refractivity contribution in [3.05, 3.63) is 28.8 Å². The second kappa shape index (κ2) is 3.74. The molecule has 13 heavy (non-hydrogen) atoms. The number of halogens is 2. The topological polar surface area (TPSA) is 43.4 Å². The summed E-state index contributed by atoms with van der Waals surface area (Å²) in [6.45, 7) is 1.79. The Morgan fingerprint density at radius 3 is 2.46 bits per heavy atom. The summed E-state index contributed by atoms with van der Waals surface area (Å²) in [5, 5.41) is 0.429. The Kier molecular flexibility index (Phi) is 3.05. The minimum atomic E-state index is -3.99. The summed E-state index contributed by atoms with van der Waals surface area (Å²) in [6.07, 6.45) is 0. The minimum absolute atomic E-state index is 0.102. The quantitative estimate of drug-likeness (QED) is 0.747. The van der Waals surface area contributed by atoms with Crippen LogP contribution in [-0.4, -0.2) is 8.42 Å². The molecular weight excluding hydrogens is 235 g/mol.